The van der Waals surface area contributed by atoms with Crippen molar-refractivity contribution in [3.8, 4) is 0 Å². The van der Waals surface area contributed by atoms with Crippen molar-refractivity contribution in [3.63, 3.8) is 0 Å². The van der Waals surface area contributed by atoms with Crippen LogP contribution in [0.1, 0.15) is 30.6 Å². The number of hydrogen-bond acceptors (Lipinski definition) is 4. The van der Waals surface area contributed by atoms with Crippen LogP contribution in [0.2, 0.25) is 0 Å². The molecule has 0 radical (unpaired) electrons. The summed E-state index contributed by atoms with van der Waals surface area (Å²) in [5.74, 6) is -0.424. The van der Waals surface area contributed by atoms with E-state index in [4.69, 9.17) is 0 Å². The Morgan fingerprint density at radius 1 is 1.07 bits per heavy atom. The van der Waals surface area contributed by atoms with Crippen molar-refractivity contribution in [2.24, 2.45) is 0 Å². The van der Waals surface area contributed by atoms with Crippen molar-refractivity contribution in [1.82, 2.24) is 9.62 Å². The molecule has 3 rings (SSSR count). The predicted molar refractivity (Wildman–Crippen MR) is 111 cm³/mol. The maximum atomic E-state index is 14.0. The summed E-state index contributed by atoms with van der Waals surface area (Å²) in [6, 6.07) is 12.4. The average molecular weight is 420 g/mol. The molecule has 0 bridgehead atoms. The van der Waals surface area contributed by atoms with E-state index in [0.717, 1.165) is 0 Å². The van der Waals surface area contributed by atoms with Gasteiger partial charge in [0.15, 0.2) is 0 Å². The van der Waals surface area contributed by atoms with Crippen molar-refractivity contribution in [3.05, 3.63) is 59.9 Å². The van der Waals surface area contributed by atoms with Gasteiger partial charge >= 0.3 is 0 Å². The molecule has 1 aliphatic heterocycles. The van der Waals surface area contributed by atoms with Crippen LogP contribution in [0.25, 0.3) is 0 Å². The molecule has 1 heterocycles. The summed E-state index contributed by atoms with van der Waals surface area (Å²) in [4.78, 5) is 16.5. The van der Waals surface area contributed by atoms with Crippen LogP contribution in [-0.2, 0) is 10.0 Å². The van der Waals surface area contributed by atoms with E-state index in [9.17, 15) is 17.6 Å². The number of piperazine rings is 1. The van der Waals surface area contributed by atoms with E-state index in [-0.39, 0.29) is 22.7 Å². The van der Waals surface area contributed by atoms with E-state index < -0.39 is 10.0 Å². The van der Waals surface area contributed by atoms with Crippen molar-refractivity contribution < 1.29 is 17.6 Å². The Hall–Kier alpha value is -2.45. The number of hydrogen-bond donors (Lipinski definition) is 1. The molecule has 1 fully saturated rings. The monoisotopic (exact) mass is 419 g/mol. The number of carbonyl (C=O) groups excluding carboxylic acids is 1. The molecule has 0 aromatic heterocycles. The fourth-order valence-electron chi connectivity index (χ4n) is 3.23. The van der Waals surface area contributed by atoms with E-state index in [2.05, 4.69) is 4.72 Å². The van der Waals surface area contributed by atoms with Gasteiger partial charge in [-0.3, -0.25) is 4.79 Å². The molecule has 1 N–H and O–H groups in total. The average Bonchev–Trinajstić information content (AvgIpc) is 2.73. The summed E-state index contributed by atoms with van der Waals surface area (Å²) in [5, 5.41) is 0. The normalized spacial score (nSPS) is 16.0. The summed E-state index contributed by atoms with van der Waals surface area (Å²) < 4.78 is 41.2. The minimum atomic E-state index is -3.60. The molecular weight excluding hydrogens is 393 g/mol. The highest BCUT2D eigenvalue weighted by atomic mass is 32.2. The maximum absolute atomic E-state index is 14.0. The van der Waals surface area contributed by atoms with Crippen LogP contribution in [0.15, 0.2) is 53.4 Å². The Morgan fingerprint density at radius 3 is 2.28 bits per heavy atom. The van der Waals surface area contributed by atoms with Crippen LogP contribution in [0.5, 0.6) is 0 Å². The van der Waals surface area contributed by atoms with Gasteiger partial charge in [0.25, 0.3) is 5.91 Å². The number of anilines is 1. The largest absolute Gasteiger partial charge is 0.366 e. The van der Waals surface area contributed by atoms with Crippen molar-refractivity contribution in [1.29, 1.82) is 0 Å². The highest BCUT2D eigenvalue weighted by Crippen LogP contribution is 2.21. The summed E-state index contributed by atoms with van der Waals surface area (Å²) in [6.07, 6.45) is 0.689. The first kappa shape index (κ1) is 21.3. The molecule has 1 unspecified atom stereocenters. The lowest BCUT2D eigenvalue weighted by Gasteiger charge is -2.36. The Bertz CT molecular complexity index is 955. The van der Waals surface area contributed by atoms with Crippen molar-refractivity contribution >= 4 is 21.6 Å². The third-order valence-corrected chi connectivity index (χ3v) is 6.75. The second-order valence-corrected chi connectivity index (χ2v) is 8.90. The van der Waals surface area contributed by atoms with E-state index in [0.29, 0.717) is 43.9 Å². The third kappa shape index (κ3) is 4.94. The fourth-order valence-corrected chi connectivity index (χ4v) is 4.56. The van der Waals surface area contributed by atoms with E-state index in [1.54, 1.807) is 30.0 Å². The molecule has 156 valence electrons. The maximum Gasteiger partial charge on any atom is 0.253 e. The standard InChI is InChI=1S/C21H26FN3O3S/c1-3-16(2)23-29(27,28)18-10-8-17(9-11-18)21(26)25-14-12-24(13-15-25)20-7-5-4-6-19(20)22/h4-11,16,23H,3,12-15H2,1-2H3. The lowest BCUT2D eigenvalue weighted by atomic mass is 10.1. The number of para-hydroxylation sites is 1. The summed E-state index contributed by atoms with van der Waals surface area (Å²) in [7, 11) is -3.60. The molecule has 29 heavy (non-hydrogen) atoms. The zero-order chi connectivity index (χ0) is 21.0. The Balaban J connectivity index is 1.64. The number of halogens is 1. The molecule has 0 spiro atoms. The van der Waals surface area contributed by atoms with Gasteiger partial charge in [-0.15, -0.1) is 0 Å². The highest BCUT2D eigenvalue weighted by Gasteiger charge is 2.24. The molecule has 0 saturated carbocycles. The van der Waals surface area contributed by atoms with Crippen LogP contribution < -0.4 is 9.62 Å². The number of nitrogens with one attached hydrogen (secondary N) is 1. The van der Waals surface area contributed by atoms with E-state index in [1.165, 1.54) is 30.3 Å². The summed E-state index contributed by atoms with van der Waals surface area (Å²) in [6.45, 7) is 5.73. The van der Waals surface area contributed by atoms with Gasteiger partial charge in [0.1, 0.15) is 5.82 Å². The number of benzene rings is 2. The first-order valence-electron chi connectivity index (χ1n) is 9.73. The number of rotatable bonds is 6. The lowest BCUT2D eigenvalue weighted by molar-refractivity contribution is 0.0746. The van der Waals surface area contributed by atoms with Crippen LogP contribution in [0.3, 0.4) is 0 Å². The van der Waals surface area contributed by atoms with E-state index >= 15 is 0 Å². The number of carbonyl (C=O) groups is 1. The SMILES string of the molecule is CCC(C)NS(=O)(=O)c1ccc(C(=O)N2CCN(c3ccccc3F)CC2)cc1. The summed E-state index contributed by atoms with van der Waals surface area (Å²) >= 11 is 0. The third-order valence-electron chi connectivity index (χ3n) is 5.14. The van der Waals surface area contributed by atoms with Gasteiger partial charge in [0.05, 0.1) is 10.6 Å². The molecule has 1 aliphatic rings. The van der Waals surface area contributed by atoms with Gasteiger partial charge in [-0.2, -0.15) is 0 Å². The fraction of sp³-hybridized carbons (Fsp3) is 0.381. The van der Waals surface area contributed by atoms with Gasteiger partial charge in [-0.1, -0.05) is 19.1 Å². The van der Waals surface area contributed by atoms with E-state index in [1.807, 2.05) is 11.8 Å². The molecule has 6 nitrogen and oxygen atoms in total. The second-order valence-electron chi connectivity index (χ2n) is 7.19. The molecule has 8 heteroatoms. The van der Waals surface area contributed by atoms with Crippen molar-refractivity contribution in [2.45, 2.75) is 31.2 Å². The predicted octanol–water partition coefficient (Wildman–Crippen LogP) is 2.86. The zero-order valence-electron chi connectivity index (χ0n) is 16.6. The van der Waals surface area contributed by atoms with Crippen LogP contribution in [0.4, 0.5) is 10.1 Å². The molecule has 2 aromatic rings. The van der Waals surface area contributed by atoms with Gasteiger partial charge < -0.3 is 9.80 Å². The van der Waals surface area contributed by atoms with Crippen LogP contribution >= 0.6 is 0 Å². The Morgan fingerprint density at radius 2 is 1.69 bits per heavy atom. The molecule has 1 atom stereocenters. The van der Waals surface area contributed by atoms with Gasteiger partial charge in [0.2, 0.25) is 10.0 Å². The first-order valence-corrected chi connectivity index (χ1v) is 11.2. The second kappa shape index (κ2) is 8.92. The Kier molecular flexibility index (Phi) is 6.54. The minimum Gasteiger partial charge on any atom is -0.366 e. The number of nitrogens with zero attached hydrogens (tertiary/aromatic N) is 2. The smallest absolute Gasteiger partial charge is 0.253 e. The lowest BCUT2D eigenvalue weighted by Crippen LogP contribution is -2.49. The molecule has 1 saturated heterocycles. The molecule has 2 aromatic carbocycles. The molecular formula is C21H26FN3O3S. The number of amides is 1. The van der Waals surface area contributed by atoms with Crippen LogP contribution in [-0.4, -0.2) is 51.4 Å². The quantitative estimate of drug-likeness (QED) is 0.782. The first-order chi connectivity index (χ1) is 13.8. The highest BCUT2D eigenvalue weighted by molar-refractivity contribution is 7.89. The van der Waals surface area contributed by atoms with Crippen molar-refractivity contribution in [2.75, 3.05) is 31.1 Å². The molecule has 1 amide bonds. The molecule has 0 aliphatic carbocycles. The van der Waals surface area contributed by atoms with Gasteiger partial charge in [-0.25, -0.2) is 17.5 Å². The zero-order valence-corrected chi connectivity index (χ0v) is 17.5. The van der Waals surface area contributed by atoms with Gasteiger partial charge in [-0.05, 0) is 49.7 Å². The van der Waals surface area contributed by atoms with Gasteiger partial charge in [0, 0.05) is 37.8 Å². The summed E-state index contributed by atoms with van der Waals surface area (Å²) in [5.41, 5.74) is 0.981. The van der Waals surface area contributed by atoms with Crippen LogP contribution in [0, 0.1) is 5.82 Å². The number of sulfonamides is 1. The topological polar surface area (TPSA) is 69.7 Å². The Labute approximate surface area is 171 Å². The minimum absolute atomic E-state index is 0.138.